The van der Waals surface area contributed by atoms with Crippen LogP contribution in [0.25, 0.3) is 0 Å². The van der Waals surface area contributed by atoms with Crippen molar-refractivity contribution in [2.24, 2.45) is 5.92 Å². The molecular formula is C25H31NO7. The molecule has 1 N–H and O–H groups in total. The van der Waals surface area contributed by atoms with Crippen molar-refractivity contribution in [3.8, 4) is 17.2 Å². The molecule has 8 nitrogen and oxygen atoms in total. The smallest absolute Gasteiger partial charge is 0.307 e. The number of carboxylic acid groups (broad SMARTS) is 1. The summed E-state index contributed by atoms with van der Waals surface area (Å²) in [6.07, 6.45) is 0. The third-order valence-electron chi connectivity index (χ3n) is 6.41. The first kappa shape index (κ1) is 23.4. The van der Waals surface area contributed by atoms with E-state index in [1.165, 1.54) is 0 Å². The van der Waals surface area contributed by atoms with Crippen LogP contribution in [0.1, 0.15) is 23.0 Å². The van der Waals surface area contributed by atoms with Crippen molar-refractivity contribution in [3.05, 3.63) is 53.6 Å². The fourth-order valence-electron chi connectivity index (χ4n) is 4.72. The highest BCUT2D eigenvalue weighted by molar-refractivity contribution is 5.73. The normalized spacial score (nSPS) is 22.3. The van der Waals surface area contributed by atoms with Crippen molar-refractivity contribution in [2.45, 2.75) is 11.8 Å². The van der Waals surface area contributed by atoms with E-state index >= 15 is 0 Å². The molecule has 3 atom stereocenters. The maximum atomic E-state index is 12.6. The SMILES string of the molecule is COCCOCCN1CC(c2ccc3c(c2)OCO3)[C@H](C(=O)O)[C@@H](c2ccc(OC)cc2)C1. The fourth-order valence-corrected chi connectivity index (χ4v) is 4.72. The average molecular weight is 458 g/mol. The number of hydrogen-bond acceptors (Lipinski definition) is 7. The summed E-state index contributed by atoms with van der Waals surface area (Å²) in [5.74, 6) is 0.332. The highest BCUT2D eigenvalue weighted by Gasteiger charge is 2.43. The van der Waals surface area contributed by atoms with Crippen LogP contribution in [0.15, 0.2) is 42.5 Å². The van der Waals surface area contributed by atoms with Gasteiger partial charge in [0.25, 0.3) is 0 Å². The zero-order valence-corrected chi connectivity index (χ0v) is 19.1. The van der Waals surface area contributed by atoms with E-state index in [2.05, 4.69) is 4.90 Å². The first-order chi connectivity index (χ1) is 16.1. The van der Waals surface area contributed by atoms with Crippen molar-refractivity contribution in [1.29, 1.82) is 0 Å². The molecule has 8 heteroatoms. The van der Waals surface area contributed by atoms with Crippen LogP contribution >= 0.6 is 0 Å². The van der Waals surface area contributed by atoms with Crippen LogP contribution in [0.5, 0.6) is 17.2 Å². The Balaban J connectivity index is 1.62. The minimum absolute atomic E-state index is 0.184. The van der Waals surface area contributed by atoms with Gasteiger partial charge in [-0.15, -0.1) is 0 Å². The lowest BCUT2D eigenvalue weighted by Gasteiger charge is -2.42. The third kappa shape index (κ3) is 5.40. The molecule has 1 saturated heterocycles. The summed E-state index contributed by atoms with van der Waals surface area (Å²) in [5.41, 5.74) is 1.93. The Morgan fingerprint density at radius 3 is 2.36 bits per heavy atom. The van der Waals surface area contributed by atoms with E-state index in [9.17, 15) is 9.90 Å². The molecule has 0 aromatic heterocycles. The lowest BCUT2D eigenvalue weighted by molar-refractivity contribution is -0.145. The van der Waals surface area contributed by atoms with Crippen molar-refractivity contribution in [3.63, 3.8) is 0 Å². The number of ether oxygens (including phenoxy) is 5. The zero-order chi connectivity index (χ0) is 23.2. The molecule has 2 aromatic carbocycles. The van der Waals surface area contributed by atoms with Gasteiger partial charge >= 0.3 is 5.97 Å². The summed E-state index contributed by atoms with van der Waals surface area (Å²) >= 11 is 0. The van der Waals surface area contributed by atoms with Gasteiger partial charge in [0.2, 0.25) is 6.79 Å². The molecule has 2 aromatic rings. The van der Waals surface area contributed by atoms with E-state index in [0.29, 0.717) is 51.0 Å². The molecule has 1 fully saturated rings. The number of fused-ring (bicyclic) bond motifs is 1. The van der Waals surface area contributed by atoms with Gasteiger partial charge in [-0.25, -0.2) is 0 Å². The molecule has 2 aliphatic heterocycles. The summed E-state index contributed by atoms with van der Waals surface area (Å²) in [6, 6.07) is 13.5. The third-order valence-corrected chi connectivity index (χ3v) is 6.41. The summed E-state index contributed by atoms with van der Waals surface area (Å²) in [7, 11) is 3.27. The second-order valence-electron chi connectivity index (χ2n) is 8.33. The number of rotatable bonds is 10. The van der Waals surface area contributed by atoms with Gasteiger partial charge in [0.1, 0.15) is 5.75 Å². The Morgan fingerprint density at radius 1 is 0.970 bits per heavy atom. The summed E-state index contributed by atoms with van der Waals surface area (Å²) in [5, 5.41) is 10.3. The van der Waals surface area contributed by atoms with E-state index in [1.54, 1.807) is 14.2 Å². The summed E-state index contributed by atoms with van der Waals surface area (Å²) < 4.78 is 27.0. The van der Waals surface area contributed by atoms with Gasteiger partial charge in [-0.3, -0.25) is 9.69 Å². The minimum Gasteiger partial charge on any atom is -0.497 e. The predicted octanol–water partition coefficient (Wildman–Crippen LogP) is 2.97. The monoisotopic (exact) mass is 457 g/mol. The molecule has 1 unspecified atom stereocenters. The molecule has 2 heterocycles. The lowest BCUT2D eigenvalue weighted by atomic mass is 9.71. The van der Waals surface area contributed by atoms with Gasteiger partial charge in [-0.05, 0) is 35.4 Å². The molecule has 0 spiro atoms. The van der Waals surface area contributed by atoms with Gasteiger partial charge in [-0.1, -0.05) is 18.2 Å². The van der Waals surface area contributed by atoms with Gasteiger partial charge in [-0.2, -0.15) is 0 Å². The number of likely N-dealkylation sites (tertiary alicyclic amines) is 1. The standard InChI is InChI=1S/C25H31NO7/c1-29-11-12-31-10-9-26-14-20(17-3-6-19(30-2)7-4-17)24(25(27)28)21(15-26)18-5-8-22-23(13-18)33-16-32-22/h3-8,13,20-21,24H,9-12,14-16H2,1-2H3,(H,27,28)/t20-,21?,24-/m1/s1. The van der Waals surface area contributed by atoms with Crippen LogP contribution in [0, 0.1) is 5.92 Å². The second-order valence-corrected chi connectivity index (χ2v) is 8.33. The number of nitrogens with zero attached hydrogens (tertiary/aromatic N) is 1. The molecule has 0 saturated carbocycles. The van der Waals surface area contributed by atoms with Crippen LogP contribution in [0.4, 0.5) is 0 Å². The number of hydrogen-bond donors (Lipinski definition) is 1. The van der Waals surface area contributed by atoms with Gasteiger partial charge < -0.3 is 28.8 Å². The first-order valence-electron chi connectivity index (χ1n) is 11.2. The predicted molar refractivity (Wildman–Crippen MR) is 121 cm³/mol. The molecule has 2 aliphatic rings. The van der Waals surface area contributed by atoms with Crippen molar-refractivity contribution in [2.75, 3.05) is 60.5 Å². The summed E-state index contributed by atoms with van der Waals surface area (Å²) in [4.78, 5) is 14.9. The number of piperidine rings is 1. The zero-order valence-electron chi connectivity index (χ0n) is 19.1. The topological polar surface area (TPSA) is 86.7 Å². The highest BCUT2D eigenvalue weighted by Crippen LogP contribution is 2.44. The van der Waals surface area contributed by atoms with E-state index in [-0.39, 0.29) is 18.6 Å². The van der Waals surface area contributed by atoms with Crippen LogP contribution in [-0.2, 0) is 14.3 Å². The molecule has 33 heavy (non-hydrogen) atoms. The highest BCUT2D eigenvalue weighted by atomic mass is 16.7. The van der Waals surface area contributed by atoms with Gasteiger partial charge in [0.05, 0.1) is 32.8 Å². The lowest BCUT2D eigenvalue weighted by Crippen LogP contribution is -2.47. The Kier molecular flexibility index (Phi) is 7.69. The minimum atomic E-state index is -0.797. The molecule has 0 amide bonds. The fraction of sp³-hybridized carbons (Fsp3) is 0.480. The average Bonchev–Trinajstić information content (AvgIpc) is 3.31. The molecule has 178 valence electrons. The van der Waals surface area contributed by atoms with Crippen molar-refractivity contribution in [1.82, 2.24) is 4.90 Å². The number of benzene rings is 2. The Morgan fingerprint density at radius 2 is 1.67 bits per heavy atom. The molecular weight excluding hydrogens is 426 g/mol. The van der Waals surface area contributed by atoms with Crippen LogP contribution in [-0.4, -0.2) is 76.4 Å². The second kappa shape index (κ2) is 10.9. The van der Waals surface area contributed by atoms with Gasteiger partial charge in [0.15, 0.2) is 11.5 Å². The van der Waals surface area contributed by atoms with Crippen LogP contribution in [0.2, 0.25) is 0 Å². The maximum absolute atomic E-state index is 12.6. The van der Waals surface area contributed by atoms with Gasteiger partial charge in [0, 0.05) is 38.6 Å². The quantitative estimate of drug-likeness (QED) is 0.545. The van der Waals surface area contributed by atoms with E-state index in [0.717, 1.165) is 16.9 Å². The Hall–Kier alpha value is -2.81. The summed E-state index contributed by atoms with van der Waals surface area (Å²) in [6.45, 7) is 3.80. The number of aliphatic carboxylic acids is 1. The Labute approximate surface area is 194 Å². The molecule has 0 radical (unpaired) electrons. The van der Waals surface area contributed by atoms with Crippen LogP contribution < -0.4 is 14.2 Å². The number of carbonyl (C=O) groups is 1. The van der Waals surface area contributed by atoms with E-state index in [4.69, 9.17) is 23.7 Å². The Bertz CT molecular complexity index is 933. The van der Waals surface area contributed by atoms with Crippen molar-refractivity contribution >= 4 is 5.97 Å². The van der Waals surface area contributed by atoms with E-state index in [1.807, 2.05) is 42.5 Å². The largest absolute Gasteiger partial charge is 0.497 e. The molecule has 0 aliphatic carbocycles. The number of carboxylic acids is 1. The number of methoxy groups -OCH3 is 2. The van der Waals surface area contributed by atoms with Crippen molar-refractivity contribution < 1.29 is 33.6 Å². The molecule has 4 rings (SSSR count). The van der Waals surface area contributed by atoms with E-state index < -0.39 is 11.9 Å². The van der Waals surface area contributed by atoms with Crippen LogP contribution in [0.3, 0.4) is 0 Å². The molecule has 0 bridgehead atoms. The first-order valence-corrected chi connectivity index (χ1v) is 11.2. The maximum Gasteiger partial charge on any atom is 0.307 e.